The summed E-state index contributed by atoms with van der Waals surface area (Å²) in [4.78, 5) is 11.1. The van der Waals surface area contributed by atoms with Crippen molar-refractivity contribution >= 4 is 23.1 Å². The van der Waals surface area contributed by atoms with Gasteiger partial charge in [-0.3, -0.25) is 0 Å². The van der Waals surface area contributed by atoms with Gasteiger partial charge < -0.3 is 4.90 Å². The molecule has 2 aromatic rings. The number of hydrogen-bond donors (Lipinski definition) is 0. The van der Waals surface area contributed by atoms with Gasteiger partial charge in [-0.05, 0) is 38.3 Å². The topological polar surface area (TPSA) is 29.0 Å². The molecule has 1 aromatic carbocycles. The number of nitrogens with zero attached hydrogens (tertiary/aromatic N) is 3. The number of halogens is 1. The summed E-state index contributed by atoms with van der Waals surface area (Å²) in [7, 11) is 2.02. The predicted octanol–water partition coefficient (Wildman–Crippen LogP) is 4.39. The van der Waals surface area contributed by atoms with Crippen LogP contribution in [0, 0.1) is 13.8 Å². The maximum Gasteiger partial charge on any atom is 0.137 e. The van der Waals surface area contributed by atoms with Crippen molar-refractivity contribution in [2.75, 3.05) is 11.9 Å². The van der Waals surface area contributed by atoms with Crippen molar-refractivity contribution in [3.8, 4) is 0 Å². The highest BCUT2D eigenvalue weighted by atomic mass is 35.5. The molecule has 1 aliphatic carbocycles. The Labute approximate surface area is 124 Å². The fourth-order valence-electron chi connectivity index (χ4n) is 2.42. The van der Waals surface area contributed by atoms with Crippen LogP contribution < -0.4 is 4.90 Å². The van der Waals surface area contributed by atoms with Crippen molar-refractivity contribution in [3.63, 3.8) is 0 Å². The van der Waals surface area contributed by atoms with Crippen molar-refractivity contribution in [1.82, 2.24) is 9.97 Å². The van der Waals surface area contributed by atoms with Crippen LogP contribution >= 0.6 is 11.6 Å². The van der Waals surface area contributed by atoms with Crippen LogP contribution in [0.3, 0.4) is 0 Å². The monoisotopic (exact) mass is 287 g/mol. The molecule has 104 valence electrons. The molecule has 0 unspecified atom stereocenters. The molecule has 20 heavy (non-hydrogen) atoms. The molecule has 1 aliphatic rings. The SMILES string of the molecule is Cc1ccc(N(C)c2cc(Cl)nc(C3CC3)n2)c(C)c1. The van der Waals surface area contributed by atoms with E-state index in [0.717, 1.165) is 17.3 Å². The van der Waals surface area contributed by atoms with Crippen LogP contribution in [-0.4, -0.2) is 17.0 Å². The van der Waals surface area contributed by atoms with Crippen LogP contribution in [0.2, 0.25) is 5.15 Å². The van der Waals surface area contributed by atoms with E-state index in [4.69, 9.17) is 11.6 Å². The van der Waals surface area contributed by atoms with Crippen LogP contribution in [0.4, 0.5) is 11.5 Å². The molecule has 0 spiro atoms. The molecule has 0 aliphatic heterocycles. The Balaban J connectivity index is 1.98. The van der Waals surface area contributed by atoms with Gasteiger partial charge in [0, 0.05) is 24.7 Å². The first-order valence-electron chi connectivity index (χ1n) is 6.90. The van der Waals surface area contributed by atoms with Gasteiger partial charge in [-0.2, -0.15) is 0 Å². The summed E-state index contributed by atoms with van der Waals surface area (Å²) in [6, 6.07) is 8.24. The van der Waals surface area contributed by atoms with Crippen LogP contribution in [0.5, 0.6) is 0 Å². The zero-order valence-electron chi connectivity index (χ0n) is 12.0. The van der Waals surface area contributed by atoms with Gasteiger partial charge in [-0.25, -0.2) is 9.97 Å². The lowest BCUT2D eigenvalue weighted by molar-refractivity contribution is 0.914. The van der Waals surface area contributed by atoms with Crippen molar-refractivity contribution in [2.45, 2.75) is 32.6 Å². The smallest absolute Gasteiger partial charge is 0.137 e. The van der Waals surface area contributed by atoms with E-state index < -0.39 is 0 Å². The summed E-state index contributed by atoms with van der Waals surface area (Å²) in [6.45, 7) is 4.22. The summed E-state index contributed by atoms with van der Waals surface area (Å²) in [5, 5.41) is 0.522. The van der Waals surface area contributed by atoms with E-state index in [-0.39, 0.29) is 0 Å². The normalized spacial score (nSPS) is 14.4. The second-order valence-electron chi connectivity index (χ2n) is 5.53. The van der Waals surface area contributed by atoms with Gasteiger partial charge in [0.25, 0.3) is 0 Å². The van der Waals surface area contributed by atoms with E-state index in [1.54, 1.807) is 0 Å². The predicted molar refractivity (Wildman–Crippen MR) is 83.0 cm³/mol. The molecule has 1 aromatic heterocycles. The van der Waals surface area contributed by atoms with E-state index in [1.807, 2.05) is 13.1 Å². The first kappa shape index (κ1) is 13.4. The van der Waals surface area contributed by atoms with Gasteiger partial charge in [0.15, 0.2) is 0 Å². The minimum absolute atomic E-state index is 0.500. The van der Waals surface area contributed by atoms with Crippen molar-refractivity contribution < 1.29 is 0 Å². The number of aryl methyl sites for hydroxylation is 2. The van der Waals surface area contributed by atoms with Gasteiger partial charge in [-0.15, -0.1) is 0 Å². The van der Waals surface area contributed by atoms with Crippen LogP contribution in [-0.2, 0) is 0 Å². The third kappa shape index (κ3) is 2.63. The van der Waals surface area contributed by atoms with Gasteiger partial charge in [0.1, 0.15) is 16.8 Å². The van der Waals surface area contributed by atoms with Gasteiger partial charge in [0.2, 0.25) is 0 Å². The summed E-state index contributed by atoms with van der Waals surface area (Å²) in [5.74, 6) is 2.24. The van der Waals surface area contributed by atoms with Crippen LogP contribution in [0.15, 0.2) is 24.3 Å². The van der Waals surface area contributed by atoms with E-state index in [1.165, 1.54) is 24.0 Å². The Hall–Kier alpha value is -1.61. The first-order valence-corrected chi connectivity index (χ1v) is 7.28. The standard InChI is InChI=1S/C16H18ClN3/c1-10-4-7-13(11(2)8-10)20(3)15-9-14(17)18-16(19-15)12-5-6-12/h4,7-9,12H,5-6H2,1-3H3. The Morgan fingerprint density at radius 1 is 1.15 bits per heavy atom. The molecule has 0 amide bonds. The number of anilines is 2. The third-order valence-electron chi connectivity index (χ3n) is 3.70. The first-order chi connectivity index (χ1) is 9.54. The maximum absolute atomic E-state index is 6.14. The summed E-state index contributed by atoms with van der Waals surface area (Å²) < 4.78 is 0. The lowest BCUT2D eigenvalue weighted by atomic mass is 10.1. The molecular weight excluding hydrogens is 270 g/mol. The second kappa shape index (κ2) is 5.06. The van der Waals surface area contributed by atoms with Crippen LogP contribution in [0.1, 0.15) is 35.7 Å². The van der Waals surface area contributed by atoms with E-state index in [2.05, 4.69) is 46.9 Å². The molecule has 0 radical (unpaired) electrons. The fraction of sp³-hybridized carbons (Fsp3) is 0.375. The molecule has 3 rings (SSSR count). The minimum atomic E-state index is 0.500. The summed E-state index contributed by atoms with van der Waals surface area (Å²) >= 11 is 6.14. The van der Waals surface area contributed by atoms with Gasteiger partial charge in [-0.1, -0.05) is 29.3 Å². The fourth-order valence-corrected chi connectivity index (χ4v) is 2.61. The minimum Gasteiger partial charge on any atom is -0.329 e. The van der Waals surface area contributed by atoms with Crippen LogP contribution in [0.25, 0.3) is 0 Å². The lowest BCUT2D eigenvalue weighted by Crippen LogP contribution is -2.14. The highest BCUT2D eigenvalue weighted by molar-refractivity contribution is 6.29. The number of rotatable bonds is 3. The third-order valence-corrected chi connectivity index (χ3v) is 3.89. The Morgan fingerprint density at radius 2 is 1.90 bits per heavy atom. The van der Waals surface area contributed by atoms with Crippen molar-refractivity contribution in [3.05, 3.63) is 46.4 Å². The molecule has 1 saturated carbocycles. The number of aromatic nitrogens is 2. The van der Waals surface area contributed by atoms with E-state index in [0.29, 0.717) is 11.1 Å². The molecular formula is C16H18ClN3. The molecule has 4 heteroatoms. The zero-order valence-corrected chi connectivity index (χ0v) is 12.8. The number of benzene rings is 1. The molecule has 0 bridgehead atoms. The largest absolute Gasteiger partial charge is 0.329 e. The molecule has 0 N–H and O–H groups in total. The molecule has 0 atom stereocenters. The van der Waals surface area contributed by atoms with Crippen molar-refractivity contribution in [2.24, 2.45) is 0 Å². The zero-order chi connectivity index (χ0) is 14.3. The van der Waals surface area contributed by atoms with Gasteiger partial charge in [0.05, 0.1) is 0 Å². The highest BCUT2D eigenvalue weighted by Crippen LogP contribution is 2.39. The Bertz CT molecular complexity index is 650. The second-order valence-corrected chi connectivity index (χ2v) is 5.92. The number of hydrogen-bond acceptors (Lipinski definition) is 3. The molecule has 3 nitrogen and oxygen atoms in total. The summed E-state index contributed by atoms with van der Waals surface area (Å²) in [6.07, 6.45) is 2.35. The van der Waals surface area contributed by atoms with E-state index >= 15 is 0 Å². The van der Waals surface area contributed by atoms with Crippen molar-refractivity contribution in [1.29, 1.82) is 0 Å². The van der Waals surface area contributed by atoms with E-state index in [9.17, 15) is 0 Å². The molecule has 1 fully saturated rings. The average molecular weight is 288 g/mol. The van der Waals surface area contributed by atoms with Gasteiger partial charge >= 0.3 is 0 Å². The molecule has 0 saturated heterocycles. The lowest BCUT2D eigenvalue weighted by Gasteiger charge is -2.21. The Morgan fingerprint density at radius 3 is 2.55 bits per heavy atom. The average Bonchev–Trinajstić information content (AvgIpc) is 3.21. The Kier molecular flexibility index (Phi) is 3.38. The quantitative estimate of drug-likeness (QED) is 0.784. The maximum atomic E-state index is 6.14. The molecule has 1 heterocycles. The summed E-state index contributed by atoms with van der Waals surface area (Å²) in [5.41, 5.74) is 3.64. The highest BCUT2D eigenvalue weighted by Gasteiger charge is 2.27.